The van der Waals surface area contributed by atoms with Gasteiger partial charge < -0.3 is 31.6 Å². The van der Waals surface area contributed by atoms with E-state index in [1.54, 1.807) is 24.5 Å². The van der Waals surface area contributed by atoms with Crippen molar-refractivity contribution in [2.24, 2.45) is 22.3 Å². The highest BCUT2D eigenvalue weighted by Crippen LogP contribution is 2.36. The van der Waals surface area contributed by atoms with Crippen molar-refractivity contribution in [1.29, 1.82) is 0 Å². The third-order valence-electron chi connectivity index (χ3n) is 5.34. The summed E-state index contributed by atoms with van der Waals surface area (Å²) in [6.45, 7) is 2.75. The molecule has 1 unspecified atom stereocenters. The topological polar surface area (TPSA) is 135 Å². The minimum absolute atomic E-state index is 0.00495. The molecule has 2 aromatic carbocycles. The molecule has 170 valence electrons. The number of aliphatic imine (C=N–C) groups is 1. The molecule has 32 heavy (non-hydrogen) atoms. The Hall–Kier alpha value is -3.49. The highest BCUT2D eigenvalue weighted by molar-refractivity contribution is 6.09. The van der Waals surface area contributed by atoms with Crippen molar-refractivity contribution in [1.82, 2.24) is 5.01 Å². The van der Waals surface area contributed by atoms with Gasteiger partial charge in [-0.05, 0) is 54.8 Å². The zero-order chi connectivity index (χ0) is 23.1. The second-order valence-corrected chi connectivity index (χ2v) is 7.62. The number of nitrogens with one attached hydrogen (secondary N) is 1. The SMILES string of the molecule is CN=CC(=CN)c1ccc2c(c1)C(Nc1ccc(OCCO)cc1)CCN(N)/C2=C(/C)N. The summed E-state index contributed by atoms with van der Waals surface area (Å²) in [6.07, 6.45) is 4.07. The van der Waals surface area contributed by atoms with Gasteiger partial charge in [-0.1, -0.05) is 12.1 Å². The van der Waals surface area contributed by atoms with Gasteiger partial charge in [0.15, 0.2) is 0 Å². The molecule has 0 bridgehead atoms. The summed E-state index contributed by atoms with van der Waals surface area (Å²) in [6, 6.07) is 13.8. The monoisotopic (exact) mass is 436 g/mol. The predicted octanol–water partition coefficient (Wildman–Crippen LogP) is 2.44. The summed E-state index contributed by atoms with van der Waals surface area (Å²) in [4.78, 5) is 4.11. The van der Waals surface area contributed by atoms with E-state index >= 15 is 0 Å². The van der Waals surface area contributed by atoms with E-state index < -0.39 is 0 Å². The Bertz CT molecular complexity index is 1010. The summed E-state index contributed by atoms with van der Waals surface area (Å²) in [5, 5.41) is 14.3. The van der Waals surface area contributed by atoms with Gasteiger partial charge in [-0.25, -0.2) is 5.84 Å². The molecular formula is C24H32N6O2. The number of nitrogens with two attached hydrogens (primary N) is 3. The minimum atomic E-state index is -0.0187. The first kappa shape index (κ1) is 23.2. The Morgan fingerprint density at radius 2 is 2.03 bits per heavy atom. The maximum atomic E-state index is 8.93. The van der Waals surface area contributed by atoms with Crippen LogP contribution >= 0.6 is 0 Å². The van der Waals surface area contributed by atoms with Gasteiger partial charge in [0.05, 0.1) is 18.3 Å². The molecule has 0 saturated heterocycles. The standard InChI is InChI=1S/C24H32N6O2/c1-16(26)24-21-8-3-17(18(14-25)15-28-2)13-22(21)23(9-10-30(24)27)29-19-4-6-20(7-5-19)32-12-11-31/h3-8,13-15,23,29,31H,9-12,25-27H2,1-2H3/b18-14?,24-16-,28-15?. The fourth-order valence-corrected chi connectivity index (χ4v) is 3.89. The van der Waals surface area contributed by atoms with Crippen LogP contribution < -0.4 is 27.4 Å². The van der Waals surface area contributed by atoms with Gasteiger partial charge in [0.1, 0.15) is 12.4 Å². The van der Waals surface area contributed by atoms with E-state index in [2.05, 4.69) is 16.4 Å². The van der Waals surface area contributed by atoms with Gasteiger partial charge in [0.2, 0.25) is 0 Å². The first-order valence-electron chi connectivity index (χ1n) is 10.6. The van der Waals surface area contributed by atoms with Crippen LogP contribution in [0.2, 0.25) is 0 Å². The lowest BCUT2D eigenvalue weighted by molar-refractivity contribution is 0.201. The van der Waals surface area contributed by atoms with Crippen molar-refractivity contribution >= 4 is 23.2 Å². The number of hydrogen-bond acceptors (Lipinski definition) is 8. The molecule has 8 N–H and O–H groups in total. The van der Waals surface area contributed by atoms with Crippen LogP contribution in [0.3, 0.4) is 0 Å². The lowest BCUT2D eigenvalue weighted by Gasteiger charge is -2.22. The maximum Gasteiger partial charge on any atom is 0.119 e. The number of allylic oxidation sites excluding steroid dienone is 2. The van der Waals surface area contributed by atoms with E-state index in [0.717, 1.165) is 40.1 Å². The highest BCUT2D eigenvalue weighted by atomic mass is 16.5. The number of nitrogens with zero attached hydrogens (tertiary/aromatic N) is 2. The zero-order valence-corrected chi connectivity index (χ0v) is 18.6. The molecule has 0 amide bonds. The van der Waals surface area contributed by atoms with Crippen LogP contribution in [0.4, 0.5) is 5.69 Å². The van der Waals surface area contributed by atoms with Crippen molar-refractivity contribution < 1.29 is 9.84 Å². The molecule has 2 aromatic rings. The van der Waals surface area contributed by atoms with E-state index in [1.165, 1.54) is 0 Å². The molecule has 1 aliphatic heterocycles. The molecule has 8 nitrogen and oxygen atoms in total. The van der Waals surface area contributed by atoms with Gasteiger partial charge in [-0.2, -0.15) is 0 Å². The van der Waals surface area contributed by atoms with Crippen LogP contribution in [0.25, 0.3) is 11.3 Å². The van der Waals surface area contributed by atoms with Crippen LogP contribution in [0, 0.1) is 0 Å². The Kier molecular flexibility index (Phi) is 7.75. The first-order valence-corrected chi connectivity index (χ1v) is 10.6. The Labute approximate surface area is 189 Å². The van der Waals surface area contributed by atoms with Crippen LogP contribution in [0.15, 0.2) is 59.4 Å². The van der Waals surface area contributed by atoms with Crippen LogP contribution in [-0.2, 0) is 0 Å². The fourth-order valence-electron chi connectivity index (χ4n) is 3.89. The molecule has 3 rings (SSSR count). The van der Waals surface area contributed by atoms with E-state index in [4.69, 9.17) is 27.2 Å². The molecule has 0 aromatic heterocycles. The largest absolute Gasteiger partial charge is 0.491 e. The van der Waals surface area contributed by atoms with Crippen LogP contribution in [0.1, 0.15) is 36.1 Å². The number of hydrogen-bond donors (Lipinski definition) is 5. The van der Waals surface area contributed by atoms with Gasteiger partial charge in [0.25, 0.3) is 0 Å². The van der Waals surface area contributed by atoms with Crippen LogP contribution in [-0.4, -0.2) is 43.1 Å². The number of fused-ring (bicyclic) bond motifs is 1. The molecule has 0 radical (unpaired) electrons. The number of ether oxygens (including phenoxy) is 1. The van der Waals surface area contributed by atoms with Gasteiger partial charge in [0, 0.05) is 48.5 Å². The number of hydrazine groups is 1. The number of anilines is 1. The van der Waals surface area contributed by atoms with Crippen molar-refractivity contribution in [3.05, 3.63) is 71.1 Å². The smallest absolute Gasteiger partial charge is 0.119 e. The third kappa shape index (κ3) is 5.22. The second-order valence-electron chi connectivity index (χ2n) is 7.62. The van der Waals surface area contributed by atoms with E-state index in [1.807, 2.05) is 43.3 Å². The molecule has 0 spiro atoms. The zero-order valence-electron chi connectivity index (χ0n) is 18.6. The fraction of sp³-hybridized carbons (Fsp3) is 0.292. The minimum Gasteiger partial charge on any atom is -0.491 e. The second kappa shape index (κ2) is 10.7. The maximum absolute atomic E-state index is 8.93. The van der Waals surface area contributed by atoms with Crippen molar-refractivity contribution in [2.45, 2.75) is 19.4 Å². The number of benzene rings is 2. The highest BCUT2D eigenvalue weighted by Gasteiger charge is 2.26. The molecule has 1 aliphatic rings. The molecule has 1 heterocycles. The lowest BCUT2D eigenvalue weighted by Crippen LogP contribution is -2.31. The van der Waals surface area contributed by atoms with Gasteiger partial charge in [-0.15, -0.1) is 0 Å². The molecule has 8 heteroatoms. The summed E-state index contributed by atoms with van der Waals surface area (Å²) in [7, 11) is 1.72. The number of aliphatic hydroxyl groups is 1. The Morgan fingerprint density at radius 3 is 2.66 bits per heavy atom. The van der Waals surface area contributed by atoms with Gasteiger partial charge >= 0.3 is 0 Å². The molecular weight excluding hydrogens is 404 g/mol. The normalized spacial score (nSPS) is 18.3. The molecule has 0 fully saturated rings. The predicted molar refractivity (Wildman–Crippen MR) is 131 cm³/mol. The number of aliphatic hydroxyl groups excluding tert-OH is 1. The summed E-state index contributed by atoms with van der Waals surface area (Å²) in [5.74, 6) is 7.08. The third-order valence-corrected chi connectivity index (χ3v) is 5.34. The van der Waals surface area contributed by atoms with Crippen LogP contribution in [0.5, 0.6) is 5.75 Å². The lowest BCUT2D eigenvalue weighted by atomic mass is 9.92. The van der Waals surface area contributed by atoms with E-state index in [0.29, 0.717) is 18.0 Å². The summed E-state index contributed by atoms with van der Waals surface area (Å²) >= 11 is 0. The van der Waals surface area contributed by atoms with Gasteiger partial charge in [-0.3, -0.25) is 4.99 Å². The van der Waals surface area contributed by atoms with E-state index in [-0.39, 0.29) is 19.3 Å². The summed E-state index contributed by atoms with van der Waals surface area (Å²) in [5.41, 5.74) is 18.4. The van der Waals surface area contributed by atoms with Crippen molar-refractivity contribution in [2.75, 3.05) is 32.1 Å². The first-order chi connectivity index (χ1) is 15.5. The molecule has 1 atom stereocenters. The van der Waals surface area contributed by atoms with Crippen molar-refractivity contribution in [3.8, 4) is 5.75 Å². The average Bonchev–Trinajstić information content (AvgIpc) is 2.93. The average molecular weight is 437 g/mol. The molecule has 0 saturated carbocycles. The molecule has 0 aliphatic carbocycles. The Morgan fingerprint density at radius 1 is 1.28 bits per heavy atom. The summed E-state index contributed by atoms with van der Waals surface area (Å²) < 4.78 is 5.46. The van der Waals surface area contributed by atoms with Crippen molar-refractivity contribution in [3.63, 3.8) is 0 Å². The van der Waals surface area contributed by atoms with E-state index in [9.17, 15) is 0 Å². The Balaban J connectivity index is 2.02. The number of rotatable bonds is 7. The quantitative estimate of drug-likeness (QED) is 0.332.